The van der Waals surface area contributed by atoms with Crippen LogP contribution in [0.15, 0.2) is 158 Å². The highest BCUT2D eigenvalue weighted by Crippen LogP contribution is 2.33. The predicted octanol–water partition coefficient (Wildman–Crippen LogP) is 10.1. The van der Waals surface area contributed by atoms with Crippen molar-refractivity contribution in [2.45, 2.75) is 0 Å². The van der Waals surface area contributed by atoms with Crippen LogP contribution < -0.4 is 5.32 Å². The van der Waals surface area contributed by atoms with Crippen molar-refractivity contribution in [2.24, 2.45) is 0 Å². The number of para-hydroxylation sites is 1. The summed E-state index contributed by atoms with van der Waals surface area (Å²) in [7, 11) is 0. The number of rotatable bonds is 6. The molecule has 0 aliphatic carbocycles. The van der Waals surface area contributed by atoms with E-state index in [-0.39, 0.29) is 0 Å². The van der Waals surface area contributed by atoms with Gasteiger partial charge < -0.3 is 5.32 Å². The van der Waals surface area contributed by atoms with E-state index in [2.05, 4.69) is 151 Å². The molecule has 0 spiro atoms. The second-order valence-corrected chi connectivity index (χ2v) is 9.13. The SMILES string of the molecule is c1ccc(-c2ccc(-c3ccc(Nc4ccccc4-c4ccc(-c5ccccc5)cc4)cc3)cc2)cc1. The van der Waals surface area contributed by atoms with Crippen LogP contribution >= 0.6 is 0 Å². The molecule has 1 N–H and O–H groups in total. The van der Waals surface area contributed by atoms with E-state index in [0.29, 0.717) is 0 Å². The number of hydrogen-bond acceptors (Lipinski definition) is 1. The summed E-state index contributed by atoms with van der Waals surface area (Å²) < 4.78 is 0. The Balaban J connectivity index is 1.20. The Labute approximate surface area is 218 Å². The fourth-order valence-corrected chi connectivity index (χ4v) is 4.70. The number of anilines is 2. The number of hydrogen-bond donors (Lipinski definition) is 1. The zero-order valence-electron chi connectivity index (χ0n) is 20.5. The highest BCUT2D eigenvalue weighted by Gasteiger charge is 2.07. The van der Waals surface area contributed by atoms with Crippen molar-refractivity contribution in [1.29, 1.82) is 0 Å². The lowest BCUT2D eigenvalue weighted by molar-refractivity contribution is 1.52. The molecule has 0 unspecified atom stereocenters. The molecule has 0 saturated carbocycles. The third-order valence-electron chi connectivity index (χ3n) is 6.72. The zero-order chi connectivity index (χ0) is 24.9. The van der Waals surface area contributed by atoms with Gasteiger partial charge in [-0.15, -0.1) is 0 Å². The molecule has 0 atom stereocenters. The van der Waals surface area contributed by atoms with Gasteiger partial charge in [0.15, 0.2) is 0 Å². The molecule has 6 rings (SSSR count). The highest BCUT2D eigenvalue weighted by atomic mass is 14.9. The summed E-state index contributed by atoms with van der Waals surface area (Å²) >= 11 is 0. The van der Waals surface area contributed by atoms with Gasteiger partial charge in [0.1, 0.15) is 0 Å². The lowest BCUT2D eigenvalue weighted by Crippen LogP contribution is -1.93. The summed E-state index contributed by atoms with van der Waals surface area (Å²) in [5, 5.41) is 3.63. The van der Waals surface area contributed by atoms with Crippen molar-refractivity contribution in [2.75, 3.05) is 5.32 Å². The smallest absolute Gasteiger partial charge is 0.0463 e. The Bertz CT molecular complexity index is 1580. The van der Waals surface area contributed by atoms with Crippen LogP contribution in [0.1, 0.15) is 0 Å². The molecule has 0 aliphatic heterocycles. The Hall–Kier alpha value is -4.88. The molecule has 0 aromatic heterocycles. The van der Waals surface area contributed by atoms with Crippen molar-refractivity contribution in [3.8, 4) is 44.5 Å². The molecule has 0 radical (unpaired) electrons. The van der Waals surface area contributed by atoms with E-state index in [1.165, 1.54) is 44.5 Å². The molecule has 0 bridgehead atoms. The van der Waals surface area contributed by atoms with E-state index in [1.54, 1.807) is 0 Å². The van der Waals surface area contributed by atoms with Crippen molar-refractivity contribution in [3.63, 3.8) is 0 Å². The predicted molar refractivity (Wildman–Crippen MR) is 158 cm³/mol. The first-order chi connectivity index (χ1) is 18.3. The van der Waals surface area contributed by atoms with Gasteiger partial charge in [-0.25, -0.2) is 0 Å². The molecule has 0 heterocycles. The monoisotopic (exact) mass is 473 g/mol. The van der Waals surface area contributed by atoms with E-state index in [0.717, 1.165) is 11.4 Å². The van der Waals surface area contributed by atoms with Crippen LogP contribution in [0.25, 0.3) is 44.5 Å². The van der Waals surface area contributed by atoms with Gasteiger partial charge in [0.05, 0.1) is 0 Å². The first kappa shape index (κ1) is 22.6. The molecule has 176 valence electrons. The minimum absolute atomic E-state index is 1.07. The lowest BCUT2D eigenvalue weighted by Gasteiger charge is -2.14. The van der Waals surface area contributed by atoms with Crippen molar-refractivity contribution in [3.05, 3.63) is 158 Å². The van der Waals surface area contributed by atoms with E-state index in [4.69, 9.17) is 0 Å². The Morgan fingerprint density at radius 3 is 1.11 bits per heavy atom. The number of nitrogens with one attached hydrogen (secondary N) is 1. The summed E-state index contributed by atoms with van der Waals surface area (Å²) in [5.74, 6) is 0. The van der Waals surface area contributed by atoms with E-state index < -0.39 is 0 Å². The molecule has 1 nitrogen and oxygen atoms in total. The van der Waals surface area contributed by atoms with Gasteiger partial charge in [-0.3, -0.25) is 0 Å². The third-order valence-corrected chi connectivity index (χ3v) is 6.72. The largest absolute Gasteiger partial charge is 0.355 e. The summed E-state index contributed by atoms with van der Waals surface area (Å²) in [5.41, 5.74) is 11.9. The maximum Gasteiger partial charge on any atom is 0.0463 e. The molecule has 0 fully saturated rings. The molecular formula is C36H27N. The zero-order valence-corrected chi connectivity index (χ0v) is 20.5. The summed E-state index contributed by atoms with van der Waals surface area (Å²) in [6.45, 7) is 0. The van der Waals surface area contributed by atoms with Gasteiger partial charge in [-0.05, 0) is 57.1 Å². The third kappa shape index (κ3) is 5.07. The average molecular weight is 474 g/mol. The molecule has 1 heteroatoms. The first-order valence-electron chi connectivity index (χ1n) is 12.6. The van der Waals surface area contributed by atoms with Crippen LogP contribution in [0.3, 0.4) is 0 Å². The van der Waals surface area contributed by atoms with Crippen molar-refractivity contribution < 1.29 is 0 Å². The molecule has 6 aromatic rings. The fraction of sp³-hybridized carbons (Fsp3) is 0. The minimum atomic E-state index is 1.07. The standard InChI is InChI=1S/C36H27N/c1-3-9-27(10-4-1)29-15-17-31(18-16-29)32-23-25-34(26-24-32)37-36-14-8-7-13-35(36)33-21-19-30(20-22-33)28-11-5-2-6-12-28/h1-26,37H. The van der Waals surface area contributed by atoms with Crippen LogP contribution in [0.2, 0.25) is 0 Å². The lowest BCUT2D eigenvalue weighted by atomic mass is 9.99. The van der Waals surface area contributed by atoms with Gasteiger partial charge in [0.2, 0.25) is 0 Å². The summed E-state index contributed by atoms with van der Waals surface area (Å²) in [6.07, 6.45) is 0. The van der Waals surface area contributed by atoms with E-state index in [1.807, 2.05) is 12.1 Å². The fourth-order valence-electron chi connectivity index (χ4n) is 4.70. The maximum atomic E-state index is 3.63. The Morgan fingerprint density at radius 2 is 0.622 bits per heavy atom. The Kier molecular flexibility index (Phi) is 6.34. The second kappa shape index (κ2) is 10.4. The molecule has 0 aliphatic rings. The first-order valence-corrected chi connectivity index (χ1v) is 12.6. The maximum absolute atomic E-state index is 3.63. The van der Waals surface area contributed by atoms with Gasteiger partial charge in [0.25, 0.3) is 0 Å². The molecule has 6 aromatic carbocycles. The van der Waals surface area contributed by atoms with Gasteiger partial charge in [-0.2, -0.15) is 0 Å². The van der Waals surface area contributed by atoms with Crippen LogP contribution in [-0.2, 0) is 0 Å². The summed E-state index contributed by atoms with van der Waals surface area (Å²) in [4.78, 5) is 0. The van der Waals surface area contributed by atoms with Crippen LogP contribution in [0.4, 0.5) is 11.4 Å². The molecule has 0 saturated heterocycles. The van der Waals surface area contributed by atoms with E-state index >= 15 is 0 Å². The minimum Gasteiger partial charge on any atom is -0.355 e. The number of benzene rings is 6. The van der Waals surface area contributed by atoms with Crippen LogP contribution in [0.5, 0.6) is 0 Å². The van der Waals surface area contributed by atoms with Crippen LogP contribution in [-0.4, -0.2) is 0 Å². The van der Waals surface area contributed by atoms with E-state index in [9.17, 15) is 0 Å². The molecule has 0 amide bonds. The second-order valence-electron chi connectivity index (χ2n) is 9.13. The normalized spacial score (nSPS) is 10.7. The average Bonchev–Trinajstić information content (AvgIpc) is 2.99. The Morgan fingerprint density at radius 1 is 0.270 bits per heavy atom. The van der Waals surface area contributed by atoms with Gasteiger partial charge in [-0.1, -0.05) is 140 Å². The quantitative estimate of drug-likeness (QED) is 0.254. The van der Waals surface area contributed by atoms with Gasteiger partial charge in [0, 0.05) is 16.9 Å². The van der Waals surface area contributed by atoms with Crippen molar-refractivity contribution >= 4 is 11.4 Å². The van der Waals surface area contributed by atoms with Crippen molar-refractivity contribution in [1.82, 2.24) is 0 Å². The highest BCUT2D eigenvalue weighted by molar-refractivity contribution is 5.82. The summed E-state index contributed by atoms with van der Waals surface area (Å²) in [6, 6.07) is 55.7. The molecule has 37 heavy (non-hydrogen) atoms. The van der Waals surface area contributed by atoms with Gasteiger partial charge >= 0.3 is 0 Å². The topological polar surface area (TPSA) is 12.0 Å². The molecular weight excluding hydrogens is 446 g/mol. The van der Waals surface area contributed by atoms with Crippen LogP contribution in [0, 0.1) is 0 Å².